The molecule has 0 saturated carbocycles. The first-order valence-corrected chi connectivity index (χ1v) is 9.54. The summed E-state index contributed by atoms with van der Waals surface area (Å²) in [7, 11) is 0. The largest absolute Gasteiger partial charge is 0.296 e. The minimum atomic E-state index is 0.896. The molecule has 4 heteroatoms. The molecule has 0 unspecified atom stereocenters. The number of aromatic nitrogens is 4. The van der Waals surface area contributed by atoms with Crippen LogP contribution < -0.4 is 0 Å². The molecule has 0 N–H and O–H groups in total. The second-order valence-electron chi connectivity index (χ2n) is 7.07. The second kappa shape index (κ2) is 6.24. The molecule has 4 nitrogen and oxygen atoms in total. The molecular weight excluding hydrogens is 356 g/mol. The van der Waals surface area contributed by atoms with E-state index in [1.54, 1.807) is 6.20 Å². The maximum Gasteiger partial charge on any atom is 0.145 e. The summed E-state index contributed by atoms with van der Waals surface area (Å²) in [6, 6.07) is 20.8. The van der Waals surface area contributed by atoms with Crippen LogP contribution in [0.2, 0.25) is 0 Å². The van der Waals surface area contributed by atoms with Gasteiger partial charge < -0.3 is 0 Å². The maximum atomic E-state index is 4.94. The summed E-state index contributed by atoms with van der Waals surface area (Å²) < 4.78 is 2.09. The molecule has 3 aromatic heterocycles. The lowest BCUT2D eigenvalue weighted by Crippen LogP contribution is -1.91. The van der Waals surface area contributed by atoms with E-state index < -0.39 is 0 Å². The Labute approximate surface area is 167 Å². The Morgan fingerprint density at radius 1 is 0.828 bits per heavy atom. The van der Waals surface area contributed by atoms with Crippen LogP contribution in [-0.4, -0.2) is 19.4 Å². The molecule has 1 aliphatic carbocycles. The highest BCUT2D eigenvalue weighted by molar-refractivity contribution is 5.90. The van der Waals surface area contributed by atoms with E-state index in [1.807, 2.05) is 36.7 Å². The summed E-state index contributed by atoms with van der Waals surface area (Å²) in [6.45, 7) is 0. The smallest absolute Gasteiger partial charge is 0.145 e. The van der Waals surface area contributed by atoms with E-state index in [2.05, 4.69) is 64.0 Å². The van der Waals surface area contributed by atoms with E-state index in [1.165, 1.54) is 0 Å². The number of pyridine rings is 1. The van der Waals surface area contributed by atoms with Crippen LogP contribution in [0.1, 0.15) is 5.69 Å². The third kappa shape index (κ3) is 2.57. The fourth-order valence-electron chi connectivity index (χ4n) is 3.73. The lowest BCUT2D eigenvalue weighted by molar-refractivity contribution is 1.12. The van der Waals surface area contributed by atoms with Gasteiger partial charge in [-0.1, -0.05) is 66.8 Å². The van der Waals surface area contributed by atoms with Gasteiger partial charge in [0.15, 0.2) is 0 Å². The molecule has 6 rings (SSSR count). The molecule has 136 valence electrons. The normalized spacial score (nSPS) is 12.9. The fraction of sp³-hybridized carbons (Fsp3) is 0. The van der Waals surface area contributed by atoms with Gasteiger partial charge in [-0.2, -0.15) is 0 Å². The molecule has 0 atom stereocenters. The van der Waals surface area contributed by atoms with Crippen LogP contribution in [0.5, 0.6) is 0 Å². The number of nitrogens with zero attached hydrogens (tertiary/aromatic N) is 4. The highest BCUT2D eigenvalue weighted by atomic mass is 15.0. The zero-order valence-corrected chi connectivity index (χ0v) is 15.5. The topological polar surface area (TPSA) is 43.1 Å². The molecule has 5 aromatic rings. The Morgan fingerprint density at radius 2 is 1.69 bits per heavy atom. The summed E-state index contributed by atoms with van der Waals surface area (Å²) in [5.41, 5.74) is 7.17. The van der Waals surface area contributed by atoms with E-state index in [0.717, 1.165) is 50.3 Å². The molecule has 3 heterocycles. The SMILES string of the molecule is C1=CC(c2nc(-c3ccc4ccc(-c5ccccc5)nc4c3)n3ccncc23)=C1. The van der Waals surface area contributed by atoms with Crippen molar-refractivity contribution in [3.05, 3.63) is 103 Å². The Bertz CT molecular complexity index is 1440. The van der Waals surface area contributed by atoms with Crippen molar-refractivity contribution in [1.29, 1.82) is 0 Å². The molecule has 0 bridgehead atoms. The third-order valence-electron chi connectivity index (χ3n) is 5.29. The van der Waals surface area contributed by atoms with Crippen molar-refractivity contribution in [1.82, 2.24) is 19.4 Å². The van der Waals surface area contributed by atoms with Gasteiger partial charge in [-0.25, -0.2) is 9.97 Å². The summed E-state index contributed by atoms with van der Waals surface area (Å²) in [4.78, 5) is 14.1. The van der Waals surface area contributed by atoms with Crippen LogP contribution >= 0.6 is 0 Å². The lowest BCUT2D eigenvalue weighted by Gasteiger charge is -2.06. The van der Waals surface area contributed by atoms with Crippen LogP contribution in [0.4, 0.5) is 0 Å². The van der Waals surface area contributed by atoms with E-state index in [-0.39, 0.29) is 0 Å². The Hall–Kier alpha value is -4.05. The highest BCUT2D eigenvalue weighted by Gasteiger charge is 2.16. The van der Waals surface area contributed by atoms with Crippen molar-refractivity contribution >= 4 is 22.0 Å². The number of hydrogen-bond acceptors (Lipinski definition) is 3. The van der Waals surface area contributed by atoms with Crippen molar-refractivity contribution in [3.8, 4) is 22.6 Å². The van der Waals surface area contributed by atoms with Gasteiger partial charge in [-0.15, -0.1) is 0 Å². The van der Waals surface area contributed by atoms with Crippen LogP contribution in [0.25, 0.3) is 44.6 Å². The molecule has 0 radical (unpaired) electrons. The Morgan fingerprint density at radius 3 is 2.52 bits per heavy atom. The first-order chi connectivity index (χ1) is 14.4. The molecule has 1 aliphatic rings. The van der Waals surface area contributed by atoms with Crippen LogP contribution in [-0.2, 0) is 0 Å². The molecule has 0 saturated heterocycles. The molecule has 2 aromatic carbocycles. The average molecular weight is 372 g/mol. The van der Waals surface area contributed by atoms with E-state index >= 15 is 0 Å². The monoisotopic (exact) mass is 372 g/mol. The zero-order chi connectivity index (χ0) is 19.2. The molecule has 0 spiro atoms. The summed E-state index contributed by atoms with van der Waals surface area (Å²) in [5, 5.41) is 1.11. The first-order valence-electron chi connectivity index (χ1n) is 9.54. The molecule has 0 aliphatic heterocycles. The van der Waals surface area contributed by atoms with Gasteiger partial charge in [0, 0.05) is 34.5 Å². The van der Waals surface area contributed by atoms with Crippen molar-refractivity contribution in [2.45, 2.75) is 0 Å². The van der Waals surface area contributed by atoms with Crippen molar-refractivity contribution in [2.24, 2.45) is 0 Å². The van der Waals surface area contributed by atoms with Gasteiger partial charge in [-0.05, 0) is 12.1 Å². The maximum absolute atomic E-state index is 4.94. The molecule has 0 fully saturated rings. The van der Waals surface area contributed by atoms with Gasteiger partial charge in [-0.3, -0.25) is 9.38 Å². The number of allylic oxidation sites excluding steroid dienone is 4. The predicted octanol–water partition coefficient (Wildman–Crippen LogP) is 5.56. The van der Waals surface area contributed by atoms with Crippen molar-refractivity contribution < 1.29 is 0 Å². The number of imidazole rings is 1. The predicted molar refractivity (Wildman–Crippen MR) is 116 cm³/mol. The quantitative estimate of drug-likeness (QED) is 0.416. The van der Waals surface area contributed by atoms with Crippen LogP contribution in [0.3, 0.4) is 0 Å². The number of fused-ring (bicyclic) bond motifs is 2. The lowest BCUT2D eigenvalue weighted by atomic mass is 10.0. The summed E-state index contributed by atoms with van der Waals surface area (Å²) >= 11 is 0. The van der Waals surface area contributed by atoms with Crippen molar-refractivity contribution in [3.63, 3.8) is 0 Å². The second-order valence-corrected chi connectivity index (χ2v) is 7.07. The number of hydrogen-bond donors (Lipinski definition) is 0. The summed E-state index contributed by atoms with van der Waals surface area (Å²) in [6.07, 6.45) is 11.8. The van der Waals surface area contributed by atoms with E-state index in [9.17, 15) is 0 Å². The van der Waals surface area contributed by atoms with Gasteiger partial charge in [0.05, 0.1) is 28.6 Å². The minimum absolute atomic E-state index is 0.896. The Balaban J connectivity index is 1.53. The van der Waals surface area contributed by atoms with Gasteiger partial charge in [0.1, 0.15) is 5.82 Å². The molecular formula is C25H16N4. The van der Waals surface area contributed by atoms with Gasteiger partial charge in [0.25, 0.3) is 0 Å². The summed E-state index contributed by atoms with van der Waals surface area (Å²) in [5.74, 6) is 0.896. The molecule has 0 amide bonds. The van der Waals surface area contributed by atoms with Gasteiger partial charge in [0.2, 0.25) is 0 Å². The third-order valence-corrected chi connectivity index (χ3v) is 5.29. The Kier molecular flexibility index (Phi) is 3.43. The van der Waals surface area contributed by atoms with Gasteiger partial charge >= 0.3 is 0 Å². The zero-order valence-electron chi connectivity index (χ0n) is 15.5. The fourth-order valence-corrected chi connectivity index (χ4v) is 3.73. The minimum Gasteiger partial charge on any atom is -0.296 e. The first kappa shape index (κ1) is 16.0. The van der Waals surface area contributed by atoms with E-state index in [0.29, 0.717) is 0 Å². The van der Waals surface area contributed by atoms with Crippen LogP contribution in [0, 0.1) is 0 Å². The van der Waals surface area contributed by atoms with E-state index in [4.69, 9.17) is 9.97 Å². The average Bonchev–Trinajstić information content (AvgIpc) is 3.12. The van der Waals surface area contributed by atoms with Crippen molar-refractivity contribution in [2.75, 3.05) is 0 Å². The highest BCUT2D eigenvalue weighted by Crippen LogP contribution is 2.31. The number of benzene rings is 2. The van der Waals surface area contributed by atoms with Crippen LogP contribution in [0.15, 0.2) is 97.5 Å². The number of rotatable bonds is 3. The molecule has 29 heavy (non-hydrogen) atoms. The standard InChI is InChI=1S/C25H16N4/c1-2-5-17(6-3-1)21-12-11-18-9-10-20(15-22(18)27-21)25-28-24(19-7-4-8-19)23-16-26-13-14-29(23)25/h1-16H.